The fourth-order valence-electron chi connectivity index (χ4n) is 3.88. The van der Waals surface area contributed by atoms with Gasteiger partial charge in [-0.2, -0.15) is 0 Å². The number of carbonyl (C=O) groups is 1. The monoisotopic (exact) mass is 342 g/mol. The number of carbonyl (C=O) groups excluding carboxylic acids is 1. The van der Waals surface area contributed by atoms with Crippen molar-refractivity contribution >= 4 is 29.7 Å². The Morgan fingerprint density at radius 3 is 2.86 bits per heavy atom. The maximum Gasteiger partial charge on any atom is 0.222 e. The summed E-state index contributed by atoms with van der Waals surface area (Å²) in [5, 5.41) is 2.13. The van der Waals surface area contributed by atoms with Gasteiger partial charge in [0.05, 0.1) is 0 Å². The summed E-state index contributed by atoms with van der Waals surface area (Å²) >= 11 is 1.83. The van der Waals surface area contributed by atoms with Gasteiger partial charge in [-0.1, -0.05) is 12.5 Å². The molecule has 3 rings (SSSR count). The summed E-state index contributed by atoms with van der Waals surface area (Å²) in [4.78, 5) is 15.8. The Morgan fingerprint density at radius 2 is 2.14 bits per heavy atom. The molecular formula is C17H27ClN2OS. The van der Waals surface area contributed by atoms with Crippen LogP contribution in [0.1, 0.15) is 43.4 Å². The van der Waals surface area contributed by atoms with Crippen LogP contribution in [-0.4, -0.2) is 29.9 Å². The van der Waals surface area contributed by atoms with Crippen molar-refractivity contribution in [2.24, 2.45) is 17.6 Å². The molecule has 1 aliphatic carbocycles. The molecule has 3 atom stereocenters. The van der Waals surface area contributed by atoms with Crippen LogP contribution in [0.4, 0.5) is 0 Å². The standard InChI is InChI=1S/C17H26N2OS.ClH/c18-16-9-8-13-11-19(12-15(13)16)17(20)7-3-1-2-5-14-6-4-10-21-14;/h4,6,10,13,15-16H,1-3,5,7-9,11-12,18H2;1H. The van der Waals surface area contributed by atoms with Gasteiger partial charge in [0.1, 0.15) is 0 Å². The second-order valence-corrected chi connectivity index (χ2v) is 7.64. The van der Waals surface area contributed by atoms with E-state index in [4.69, 9.17) is 5.73 Å². The molecule has 3 nitrogen and oxygen atoms in total. The number of unbranched alkanes of at least 4 members (excludes halogenated alkanes) is 2. The summed E-state index contributed by atoms with van der Waals surface area (Å²) < 4.78 is 0. The quantitative estimate of drug-likeness (QED) is 0.804. The van der Waals surface area contributed by atoms with E-state index in [-0.39, 0.29) is 12.4 Å². The Kier molecular flexibility index (Phi) is 6.72. The van der Waals surface area contributed by atoms with Crippen LogP contribution in [0, 0.1) is 11.8 Å². The van der Waals surface area contributed by atoms with Crippen molar-refractivity contribution in [1.29, 1.82) is 0 Å². The maximum absolute atomic E-state index is 12.3. The molecule has 0 bridgehead atoms. The number of thiophene rings is 1. The molecule has 1 aromatic rings. The van der Waals surface area contributed by atoms with Gasteiger partial charge in [-0.25, -0.2) is 0 Å². The van der Waals surface area contributed by atoms with Gasteiger partial charge in [0.15, 0.2) is 0 Å². The summed E-state index contributed by atoms with van der Waals surface area (Å²) in [7, 11) is 0. The molecule has 2 N–H and O–H groups in total. The van der Waals surface area contributed by atoms with Gasteiger partial charge in [-0.15, -0.1) is 23.7 Å². The minimum atomic E-state index is 0. The number of nitrogens with zero attached hydrogens (tertiary/aromatic N) is 1. The number of nitrogens with two attached hydrogens (primary N) is 1. The normalized spacial score (nSPS) is 26.8. The smallest absolute Gasteiger partial charge is 0.222 e. The SMILES string of the molecule is Cl.NC1CCC2CN(C(=O)CCCCCc3cccs3)CC12. The summed E-state index contributed by atoms with van der Waals surface area (Å²) in [6.07, 6.45) is 7.64. The average Bonchev–Trinajstić information content (AvgIpc) is 3.18. The lowest BCUT2D eigenvalue weighted by Gasteiger charge is -2.18. The molecule has 1 amide bonds. The van der Waals surface area contributed by atoms with Crippen LogP contribution in [-0.2, 0) is 11.2 Å². The van der Waals surface area contributed by atoms with E-state index in [1.54, 1.807) is 0 Å². The van der Waals surface area contributed by atoms with Crippen LogP contribution in [0.5, 0.6) is 0 Å². The molecule has 0 radical (unpaired) electrons. The Bertz CT molecular complexity index is 465. The highest BCUT2D eigenvalue weighted by Gasteiger charge is 2.42. The fraction of sp³-hybridized carbons (Fsp3) is 0.706. The summed E-state index contributed by atoms with van der Waals surface area (Å²) in [5.74, 6) is 1.61. The summed E-state index contributed by atoms with van der Waals surface area (Å²) in [6.45, 7) is 1.88. The van der Waals surface area contributed by atoms with Crippen LogP contribution in [0.3, 0.4) is 0 Å². The van der Waals surface area contributed by atoms with Gasteiger partial charge in [0, 0.05) is 30.4 Å². The lowest BCUT2D eigenvalue weighted by molar-refractivity contribution is -0.130. The van der Waals surface area contributed by atoms with Gasteiger partial charge < -0.3 is 10.6 Å². The zero-order valence-corrected chi connectivity index (χ0v) is 14.7. The lowest BCUT2D eigenvalue weighted by atomic mass is 9.98. The third-order valence-corrected chi connectivity index (χ3v) is 6.10. The Hall–Kier alpha value is -0.580. The van der Waals surface area contributed by atoms with Crippen molar-refractivity contribution in [2.45, 2.75) is 51.0 Å². The maximum atomic E-state index is 12.3. The van der Waals surface area contributed by atoms with Crippen LogP contribution < -0.4 is 5.73 Å². The average molecular weight is 343 g/mol. The van der Waals surface area contributed by atoms with E-state index >= 15 is 0 Å². The van der Waals surface area contributed by atoms with Crippen molar-refractivity contribution in [3.8, 4) is 0 Å². The largest absolute Gasteiger partial charge is 0.342 e. The number of rotatable bonds is 6. The van der Waals surface area contributed by atoms with Crippen LogP contribution in [0.15, 0.2) is 17.5 Å². The van der Waals surface area contributed by atoms with E-state index in [0.717, 1.165) is 45.2 Å². The highest BCUT2D eigenvalue weighted by molar-refractivity contribution is 7.09. The third-order valence-electron chi connectivity index (χ3n) is 5.16. The number of fused-ring (bicyclic) bond motifs is 1. The number of hydrogen-bond acceptors (Lipinski definition) is 3. The van der Waals surface area contributed by atoms with Crippen molar-refractivity contribution in [3.05, 3.63) is 22.4 Å². The number of amides is 1. The molecule has 2 heterocycles. The van der Waals surface area contributed by atoms with Crippen molar-refractivity contribution in [1.82, 2.24) is 4.90 Å². The van der Waals surface area contributed by atoms with Gasteiger partial charge in [-0.05, 0) is 55.4 Å². The molecule has 0 aromatic carbocycles. The van der Waals surface area contributed by atoms with Crippen molar-refractivity contribution < 1.29 is 4.79 Å². The Balaban J connectivity index is 0.00000176. The number of halogens is 1. The molecule has 2 fully saturated rings. The molecule has 3 unspecified atom stereocenters. The highest BCUT2D eigenvalue weighted by atomic mass is 35.5. The predicted octanol–water partition coefficient (Wildman–Crippen LogP) is 3.47. The molecule has 1 saturated heterocycles. The molecule has 124 valence electrons. The molecule has 22 heavy (non-hydrogen) atoms. The van der Waals surface area contributed by atoms with Crippen molar-refractivity contribution in [2.75, 3.05) is 13.1 Å². The molecule has 1 saturated carbocycles. The van der Waals surface area contributed by atoms with Gasteiger partial charge >= 0.3 is 0 Å². The molecule has 1 aromatic heterocycles. The molecule has 5 heteroatoms. The van der Waals surface area contributed by atoms with Crippen LogP contribution >= 0.6 is 23.7 Å². The zero-order valence-electron chi connectivity index (χ0n) is 13.1. The van der Waals surface area contributed by atoms with E-state index in [2.05, 4.69) is 22.4 Å². The molecule has 2 aliphatic rings. The first-order valence-electron chi connectivity index (χ1n) is 8.30. The first-order valence-corrected chi connectivity index (χ1v) is 9.18. The van der Waals surface area contributed by atoms with Crippen LogP contribution in [0.25, 0.3) is 0 Å². The zero-order chi connectivity index (χ0) is 14.7. The topological polar surface area (TPSA) is 46.3 Å². The number of aryl methyl sites for hydroxylation is 1. The van der Waals surface area contributed by atoms with Gasteiger partial charge in [0.25, 0.3) is 0 Å². The lowest BCUT2D eigenvalue weighted by Crippen LogP contribution is -2.33. The fourth-order valence-corrected chi connectivity index (χ4v) is 4.63. The minimum absolute atomic E-state index is 0. The molecule has 0 spiro atoms. The van der Waals surface area contributed by atoms with E-state index in [1.165, 1.54) is 17.7 Å². The van der Waals surface area contributed by atoms with E-state index < -0.39 is 0 Å². The van der Waals surface area contributed by atoms with E-state index in [9.17, 15) is 4.79 Å². The summed E-state index contributed by atoms with van der Waals surface area (Å²) in [5.41, 5.74) is 6.13. The first-order chi connectivity index (χ1) is 10.2. The predicted molar refractivity (Wildman–Crippen MR) is 94.5 cm³/mol. The van der Waals surface area contributed by atoms with Crippen molar-refractivity contribution in [3.63, 3.8) is 0 Å². The third kappa shape index (κ3) is 4.24. The van der Waals surface area contributed by atoms with Gasteiger partial charge in [0.2, 0.25) is 5.91 Å². The Labute approximate surface area is 143 Å². The Morgan fingerprint density at radius 1 is 1.27 bits per heavy atom. The second-order valence-electron chi connectivity index (χ2n) is 6.60. The first kappa shape index (κ1) is 17.8. The minimum Gasteiger partial charge on any atom is -0.342 e. The molecule has 1 aliphatic heterocycles. The second kappa shape index (κ2) is 8.32. The van der Waals surface area contributed by atoms with E-state index in [0.29, 0.717) is 23.8 Å². The number of hydrogen-bond donors (Lipinski definition) is 1. The van der Waals surface area contributed by atoms with Crippen LogP contribution in [0.2, 0.25) is 0 Å². The van der Waals surface area contributed by atoms with Gasteiger partial charge in [-0.3, -0.25) is 4.79 Å². The highest BCUT2D eigenvalue weighted by Crippen LogP contribution is 2.37. The number of likely N-dealkylation sites (tertiary alicyclic amines) is 1. The molecular weight excluding hydrogens is 316 g/mol. The summed E-state index contributed by atoms with van der Waals surface area (Å²) in [6, 6.07) is 4.64. The van der Waals surface area contributed by atoms with E-state index in [1.807, 2.05) is 11.3 Å².